The molecule has 0 bridgehead atoms. The molecule has 3 nitrogen and oxygen atoms in total. The lowest BCUT2D eigenvalue weighted by Crippen LogP contribution is -2.01. The summed E-state index contributed by atoms with van der Waals surface area (Å²) in [7, 11) is 0. The van der Waals surface area contributed by atoms with Crippen LogP contribution in [-0.2, 0) is 0 Å². The SMILES string of the molecule is c1ccc(-c2cccc(-c3cccc(-c4nc(-c5ccc6ccccc6c5)nc(-c5ccccc5-c5ccc6cc(-c7ccc8ccccc8c7)ccc6c5)n4)c3)c2)cc1. The van der Waals surface area contributed by atoms with Crippen LogP contribution in [0.25, 0.3) is 111 Å². The molecule has 0 radical (unpaired) electrons. The van der Waals surface area contributed by atoms with E-state index in [1.165, 1.54) is 49.2 Å². The molecular weight excluding hydrogens is 727 g/mol. The monoisotopic (exact) mass is 763 g/mol. The summed E-state index contributed by atoms with van der Waals surface area (Å²) in [4.78, 5) is 15.7. The lowest BCUT2D eigenvalue weighted by atomic mass is 9.94. The second-order valence-corrected chi connectivity index (χ2v) is 15.3. The van der Waals surface area contributed by atoms with E-state index in [1.54, 1.807) is 0 Å². The van der Waals surface area contributed by atoms with E-state index in [4.69, 9.17) is 15.0 Å². The first kappa shape index (κ1) is 35.2. The van der Waals surface area contributed by atoms with E-state index in [0.29, 0.717) is 17.5 Å². The molecule has 280 valence electrons. The maximum Gasteiger partial charge on any atom is 0.164 e. The number of fused-ring (bicyclic) bond motifs is 3. The summed E-state index contributed by atoms with van der Waals surface area (Å²) in [5.74, 6) is 1.88. The molecule has 3 heteroatoms. The average Bonchev–Trinajstić information content (AvgIpc) is 3.33. The smallest absolute Gasteiger partial charge is 0.164 e. The number of aromatic nitrogens is 3. The Hall–Kier alpha value is -8.01. The van der Waals surface area contributed by atoms with Gasteiger partial charge in [0.25, 0.3) is 0 Å². The van der Waals surface area contributed by atoms with Crippen molar-refractivity contribution in [2.24, 2.45) is 0 Å². The molecule has 60 heavy (non-hydrogen) atoms. The molecule has 11 rings (SSSR count). The highest BCUT2D eigenvalue weighted by atomic mass is 15.0. The Morgan fingerprint density at radius 1 is 0.183 bits per heavy atom. The minimum atomic E-state index is 0.624. The second kappa shape index (κ2) is 15.1. The van der Waals surface area contributed by atoms with Gasteiger partial charge in [0, 0.05) is 16.7 Å². The summed E-state index contributed by atoms with van der Waals surface area (Å²) >= 11 is 0. The highest BCUT2D eigenvalue weighted by Crippen LogP contribution is 2.36. The molecule has 0 unspecified atom stereocenters. The molecule has 0 N–H and O–H groups in total. The molecule has 11 aromatic rings. The third-order valence-electron chi connectivity index (χ3n) is 11.5. The second-order valence-electron chi connectivity index (χ2n) is 15.3. The molecule has 0 atom stereocenters. The van der Waals surface area contributed by atoms with Gasteiger partial charge in [-0.25, -0.2) is 15.0 Å². The Morgan fingerprint density at radius 3 is 1.17 bits per heavy atom. The van der Waals surface area contributed by atoms with E-state index in [-0.39, 0.29) is 0 Å². The van der Waals surface area contributed by atoms with Gasteiger partial charge in [0.15, 0.2) is 17.5 Å². The van der Waals surface area contributed by atoms with Gasteiger partial charge in [-0.1, -0.05) is 188 Å². The van der Waals surface area contributed by atoms with Crippen LogP contribution in [0.5, 0.6) is 0 Å². The van der Waals surface area contributed by atoms with Crippen molar-refractivity contribution in [3.05, 3.63) is 224 Å². The van der Waals surface area contributed by atoms with Crippen LogP contribution in [0, 0.1) is 0 Å². The van der Waals surface area contributed by atoms with E-state index in [2.05, 4.69) is 224 Å². The van der Waals surface area contributed by atoms with Crippen molar-refractivity contribution in [2.45, 2.75) is 0 Å². The Bertz CT molecular complexity index is 3390. The lowest BCUT2D eigenvalue weighted by molar-refractivity contribution is 1.07. The van der Waals surface area contributed by atoms with Crippen molar-refractivity contribution in [3.8, 4) is 78.7 Å². The van der Waals surface area contributed by atoms with E-state index in [1.807, 2.05) is 0 Å². The summed E-state index contributed by atoms with van der Waals surface area (Å²) in [6.07, 6.45) is 0. The van der Waals surface area contributed by atoms with E-state index >= 15 is 0 Å². The van der Waals surface area contributed by atoms with Crippen molar-refractivity contribution in [1.82, 2.24) is 15.0 Å². The van der Waals surface area contributed by atoms with Gasteiger partial charge in [-0.3, -0.25) is 0 Å². The van der Waals surface area contributed by atoms with Crippen LogP contribution in [0.4, 0.5) is 0 Å². The number of hydrogen-bond donors (Lipinski definition) is 0. The predicted molar refractivity (Wildman–Crippen MR) is 250 cm³/mol. The van der Waals surface area contributed by atoms with E-state index in [9.17, 15) is 0 Å². The van der Waals surface area contributed by atoms with Gasteiger partial charge in [0.05, 0.1) is 0 Å². The van der Waals surface area contributed by atoms with Crippen LogP contribution in [0.2, 0.25) is 0 Å². The molecule has 0 saturated heterocycles. The third kappa shape index (κ3) is 6.78. The maximum atomic E-state index is 5.25. The van der Waals surface area contributed by atoms with Gasteiger partial charge in [-0.2, -0.15) is 0 Å². The van der Waals surface area contributed by atoms with Gasteiger partial charge in [-0.05, 0) is 113 Å². The molecule has 0 aliphatic rings. The molecule has 1 aromatic heterocycles. The topological polar surface area (TPSA) is 38.7 Å². The zero-order chi connectivity index (χ0) is 39.8. The van der Waals surface area contributed by atoms with Crippen molar-refractivity contribution in [2.75, 3.05) is 0 Å². The van der Waals surface area contributed by atoms with Crippen LogP contribution in [-0.4, -0.2) is 15.0 Å². The summed E-state index contributed by atoms with van der Waals surface area (Å²) in [5.41, 5.74) is 12.0. The Balaban J connectivity index is 1.01. The van der Waals surface area contributed by atoms with Gasteiger partial charge >= 0.3 is 0 Å². The van der Waals surface area contributed by atoms with Gasteiger partial charge in [0.1, 0.15) is 0 Å². The fourth-order valence-corrected chi connectivity index (χ4v) is 8.32. The predicted octanol–water partition coefficient (Wildman–Crippen LogP) is 15.0. The fourth-order valence-electron chi connectivity index (χ4n) is 8.32. The van der Waals surface area contributed by atoms with Crippen LogP contribution in [0.15, 0.2) is 224 Å². The van der Waals surface area contributed by atoms with Crippen LogP contribution in [0.1, 0.15) is 0 Å². The minimum absolute atomic E-state index is 0.624. The minimum Gasteiger partial charge on any atom is -0.208 e. The summed E-state index contributed by atoms with van der Waals surface area (Å²) in [6, 6.07) is 79.6. The Morgan fingerprint density at radius 2 is 0.533 bits per heavy atom. The first-order chi connectivity index (χ1) is 29.7. The standard InChI is InChI=1S/C57H37N3/c1-2-12-38(13-3-1)43-18-10-19-44(32-43)45-20-11-21-51(37-45)55-58-56(52-31-25-40-15-5-7-17-42(40)36-52)60-57(59-55)54-23-9-8-22-53(54)50-30-29-48-34-47(27-28-49(48)35-50)46-26-24-39-14-4-6-16-41(39)33-46/h1-37H. The quantitative estimate of drug-likeness (QED) is 0.162. The van der Waals surface area contributed by atoms with Crippen molar-refractivity contribution in [1.29, 1.82) is 0 Å². The molecule has 0 amide bonds. The highest BCUT2D eigenvalue weighted by molar-refractivity contribution is 5.95. The first-order valence-electron chi connectivity index (χ1n) is 20.3. The zero-order valence-corrected chi connectivity index (χ0v) is 32.7. The van der Waals surface area contributed by atoms with Crippen molar-refractivity contribution >= 4 is 32.3 Å². The zero-order valence-electron chi connectivity index (χ0n) is 32.7. The average molecular weight is 764 g/mol. The lowest BCUT2D eigenvalue weighted by Gasteiger charge is -2.14. The van der Waals surface area contributed by atoms with Crippen molar-refractivity contribution < 1.29 is 0 Å². The molecule has 0 fully saturated rings. The van der Waals surface area contributed by atoms with Gasteiger partial charge in [0.2, 0.25) is 0 Å². The Labute approximate surface area is 349 Å². The molecule has 0 spiro atoms. The molecule has 1 heterocycles. The normalized spacial score (nSPS) is 11.3. The summed E-state index contributed by atoms with van der Waals surface area (Å²) in [5, 5.41) is 7.17. The van der Waals surface area contributed by atoms with Gasteiger partial charge < -0.3 is 0 Å². The van der Waals surface area contributed by atoms with Crippen LogP contribution >= 0.6 is 0 Å². The number of rotatable bonds is 7. The summed E-state index contributed by atoms with van der Waals surface area (Å²) in [6.45, 7) is 0. The number of nitrogens with zero attached hydrogens (tertiary/aromatic N) is 3. The van der Waals surface area contributed by atoms with Gasteiger partial charge in [-0.15, -0.1) is 0 Å². The molecule has 0 aliphatic heterocycles. The van der Waals surface area contributed by atoms with E-state index < -0.39 is 0 Å². The molecule has 0 saturated carbocycles. The molecule has 0 aliphatic carbocycles. The largest absolute Gasteiger partial charge is 0.208 e. The first-order valence-corrected chi connectivity index (χ1v) is 20.3. The van der Waals surface area contributed by atoms with E-state index in [0.717, 1.165) is 44.3 Å². The van der Waals surface area contributed by atoms with Crippen LogP contribution < -0.4 is 0 Å². The number of hydrogen-bond acceptors (Lipinski definition) is 3. The number of benzene rings is 10. The highest BCUT2D eigenvalue weighted by Gasteiger charge is 2.17. The maximum absolute atomic E-state index is 5.25. The molecule has 10 aromatic carbocycles. The Kier molecular flexibility index (Phi) is 8.83. The van der Waals surface area contributed by atoms with Crippen LogP contribution in [0.3, 0.4) is 0 Å². The fraction of sp³-hybridized carbons (Fsp3) is 0. The molecular formula is C57H37N3. The van der Waals surface area contributed by atoms with Crippen molar-refractivity contribution in [3.63, 3.8) is 0 Å². The third-order valence-corrected chi connectivity index (χ3v) is 11.5. The summed E-state index contributed by atoms with van der Waals surface area (Å²) < 4.78 is 0.